The van der Waals surface area contributed by atoms with Gasteiger partial charge >= 0.3 is 11.9 Å². The molecule has 0 radical (unpaired) electrons. The molecule has 0 fully saturated rings. The monoisotopic (exact) mass is 567 g/mol. The van der Waals surface area contributed by atoms with Gasteiger partial charge in [-0.2, -0.15) is 22.8 Å². The van der Waals surface area contributed by atoms with E-state index in [1.165, 1.54) is 18.3 Å². The molecule has 0 spiro atoms. The maximum atomic E-state index is 13.2. The number of alkyl halides is 3. The van der Waals surface area contributed by atoms with Crippen molar-refractivity contribution < 1.29 is 17.9 Å². The standard InChI is InChI=1S/C29H25ClF3N5O2/c1-36(2)16-15-19-5-13-24(14-6-19)40-26-25(21-7-11-23(30)12-8-21)17-34-38-27(26)35-37(28(38)39)18-20-3-9-22(10-4-20)29(31,32)33/h3-14,17H,15-16,18H2,1-2H3. The lowest BCUT2D eigenvalue weighted by atomic mass is 10.1. The Labute approximate surface area is 233 Å². The van der Waals surface area contributed by atoms with Crippen LogP contribution in [0.3, 0.4) is 0 Å². The van der Waals surface area contributed by atoms with E-state index in [1.54, 1.807) is 12.1 Å². The zero-order valence-corrected chi connectivity index (χ0v) is 22.4. The highest BCUT2D eigenvalue weighted by Gasteiger charge is 2.30. The number of aromatic nitrogens is 4. The van der Waals surface area contributed by atoms with Crippen molar-refractivity contribution in [3.8, 4) is 22.6 Å². The summed E-state index contributed by atoms with van der Waals surface area (Å²) in [5.41, 5.74) is 1.82. The van der Waals surface area contributed by atoms with Gasteiger partial charge in [-0.25, -0.2) is 9.48 Å². The molecule has 11 heteroatoms. The molecule has 0 aliphatic rings. The van der Waals surface area contributed by atoms with Gasteiger partial charge in [-0.3, -0.25) is 0 Å². The highest BCUT2D eigenvalue weighted by Crippen LogP contribution is 2.36. The van der Waals surface area contributed by atoms with Crippen molar-refractivity contribution in [3.05, 3.63) is 111 Å². The van der Waals surface area contributed by atoms with Gasteiger partial charge < -0.3 is 9.64 Å². The summed E-state index contributed by atoms with van der Waals surface area (Å²) in [5, 5.41) is 9.33. The molecule has 0 amide bonds. The molecule has 0 atom stereocenters. The molecule has 0 unspecified atom stereocenters. The number of halogens is 4. The summed E-state index contributed by atoms with van der Waals surface area (Å²) in [6.07, 6.45) is -2.05. The summed E-state index contributed by atoms with van der Waals surface area (Å²) in [7, 11) is 4.03. The van der Waals surface area contributed by atoms with Gasteiger partial charge in [0.2, 0.25) is 5.65 Å². The largest absolute Gasteiger partial charge is 0.453 e. The summed E-state index contributed by atoms with van der Waals surface area (Å²) < 4.78 is 47.5. The first kappa shape index (κ1) is 27.4. The van der Waals surface area contributed by atoms with Crippen LogP contribution in [0.1, 0.15) is 16.7 Å². The van der Waals surface area contributed by atoms with Crippen LogP contribution in [0.2, 0.25) is 5.02 Å². The zero-order chi connectivity index (χ0) is 28.4. The second kappa shape index (κ2) is 11.1. The third kappa shape index (κ3) is 6.03. The van der Waals surface area contributed by atoms with Crippen molar-refractivity contribution in [1.82, 2.24) is 24.3 Å². The Balaban J connectivity index is 1.54. The predicted octanol–water partition coefficient (Wildman–Crippen LogP) is 6.17. The molecule has 5 rings (SSSR count). The summed E-state index contributed by atoms with van der Waals surface area (Å²) >= 11 is 6.09. The predicted molar refractivity (Wildman–Crippen MR) is 147 cm³/mol. The Kier molecular flexibility index (Phi) is 7.64. The fourth-order valence-corrected chi connectivity index (χ4v) is 4.27. The highest BCUT2D eigenvalue weighted by atomic mass is 35.5. The minimum absolute atomic E-state index is 0.0450. The molecule has 0 saturated heterocycles. The van der Waals surface area contributed by atoms with Gasteiger partial charge in [0.15, 0.2) is 5.75 Å². The van der Waals surface area contributed by atoms with E-state index in [0.717, 1.165) is 45.4 Å². The molecular formula is C29H25ClF3N5O2. The molecule has 0 N–H and O–H groups in total. The lowest BCUT2D eigenvalue weighted by Gasteiger charge is -2.13. The molecule has 2 aromatic heterocycles. The van der Waals surface area contributed by atoms with Gasteiger partial charge in [0.05, 0.1) is 18.3 Å². The number of ether oxygens (including phenoxy) is 1. The zero-order valence-electron chi connectivity index (χ0n) is 21.7. The summed E-state index contributed by atoms with van der Waals surface area (Å²) in [6, 6.07) is 19.4. The normalized spacial score (nSPS) is 11.9. The molecule has 0 aliphatic heterocycles. The number of nitrogens with zero attached hydrogens (tertiary/aromatic N) is 5. The van der Waals surface area contributed by atoms with E-state index >= 15 is 0 Å². The van der Waals surface area contributed by atoms with E-state index in [1.807, 2.05) is 50.5 Å². The number of hydrogen-bond acceptors (Lipinski definition) is 5. The van der Waals surface area contributed by atoms with Gasteiger partial charge in [-0.05, 0) is 73.6 Å². The highest BCUT2D eigenvalue weighted by molar-refractivity contribution is 6.30. The van der Waals surface area contributed by atoms with E-state index in [9.17, 15) is 18.0 Å². The molecule has 0 saturated carbocycles. The quantitative estimate of drug-likeness (QED) is 0.224. The third-order valence-electron chi connectivity index (χ3n) is 6.33. The molecule has 3 aromatic carbocycles. The summed E-state index contributed by atoms with van der Waals surface area (Å²) in [4.78, 5) is 15.3. The Morgan fingerprint density at radius 2 is 1.57 bits per heavy atom. The number of hydrogen-bond donors (Lipinski definition) is 0. The van der Waals surface area contributed by atoms with Gasteiger partial charge in [0.1, 0.15) is 5.75 Å². The molecule has 40 heavy (non-hydrogen) atoms. The average molecular weight is 568 g/mol. The van der Waals surface area contributed by atoms with Crippen LogP contribution in [0.15, 0.2) is 83.8 Å². The minimum Gasteiger partial charge on any atom is -0.453 e. The van der Waals surface area contributed by atoms with Crippen molar-refractivity contribution >= 4 is 17.2 Å². The number of rotatable bonds is 8. The summed E-state index contributed by atoms with van der Waals surface area (Å²) in [6.45, 7) is 0.863. The van der Waals surface area contributed by atoms with Crippen LogP contribution < -0.4 is 10.4 Å². The van der Waals surface area contributed by atoms with E-state index in [4.69, 9.17) is 16.3 Å². The van der Waals surface area contributed by atoms with Crippen LogP contribution in [-0.2, 0) is 19.1 Å². The molecule has 206 valence electrons. The molecule has 0 aliphatic carbocycles. The van der Waals surface area contributed by atoms with Gasteiger partial charge in [0, 0.05) is 17.1 Å². The molecule has 5 aromatic rings. The Hall–Kier alpha value is -4.15. The van der Waals surface area contributed by atoms with Crippen molar-refractivity contribution in [3.63, 3.8) is 0 Å². The van der Waals surface area contributed by atoms with E-state index in [0.29, 0.717) is 27.6 Å². The van der Waals surface area contributed by atoms with Crippen LogP contribution >= 0.6 is 11.6 Å². The van der Waals surface area contributed by atoms with Gasteiger partial charge in [0.25, 0.3) is 0 Å². The average Bonchev–Trinajstić information content (AvgIpc) is 3.24. The fraction of sp³-hybridized carbons (Fsp3) is 0.207. The number of fused-ring (bicyclic) bond motifs is 1. The summed E-state index contributed by atoms with van der Waals surface area (Å²) in [5.74, 6) is 0.850. The van der Waals surface area contributed by atoms with Crippen LogP contribution in [0.4, 0.5) is 13.2 Å². The second-order valence-corrected chi connectivity index (χ2v) is 10.0. The third-order valence-corrected chi connectivity index (χ3v) is 6.58. The lowest BCUT2D eigenvalue weighted by molar-refractivity contribution is -0.137. The van der Waals surface area contributed by atoms with Crippen molar-refractivity contribution in [2.75, 3.05) is 20.6 Å². The molecule has 2 heterocycles. The van der Waals surface area contributed by atoms with E-state index in [2.05, 4.69) is 15.1 Å². The lowest BCUT2D eigenvalue weighted by Crippen LogP contribution is -2.23. The first-order valence-electron chi connectivity index (χ1n) is 12.4. The van der Waals surface area contributed by atoms with Crippen molar-refractivity contribution in [2.45, 2.75) is 19.1 Å². The van der Waals surface area contributed by atoms with Crippen LogP contribution in [0.25, 0.3) is 16.8 Å². The second-order valence-electron chi connectivity index (χ2n) is 9.56. The fourth-order valence-electron chi connectivity index (χ4n) is 4.15. The van der Waals surface area contributed by atoms with Crippen molar-refractivity contribution in [2.24, 2.45) is 0 Å². The van der Waals surface area contributed by atoms with Gasteiger partial charge in [-0.1, -0.05) is 48.0 Å². The molecular weight excluding hydrogens is 543 g/mol. The number of benzene rings is 3. The molecule has 0 bridgehead atoms. The maximum absolute atomic E-state index is 13.2. The first-order chi connectivity index (χ1) is 19.1. The van der Waals surface area contributed by atoms with Crippen LogP contribution in [-0.4, -0.2) is 44.9 Å². The van der Waals surface area contributed by atoms with Gasteiger partial charge in [-0.15, -0.1) is 5.10 Å². The Morgan fingerprint density at radius 1 is 0.925 bits per heavy atom. The maximum Gasteiger partial charge on any atom is 0.416 e. The van der Waals surface area contributed by atoms with Crippen LogP contribution in [0, 0.1) is 0 Å². The minimum atomic E-state index is -4.45. The Morgan fingerprint density at radius 3 is 2.20 bits per heavy atom. The van der Waals surface area contributed by atoms with Crippen molar-refractivity contribution in [1.29, 1.82) is 0 Å². The topological polar surface area (TPSA) is 64.7 Å². The number of likely N-dealkylation sites (N-methyl/N-ethyl adjacent to an activating group) is 1. The smallest absolute Gasteiger partial charge is 0.416 e. The van der Waals surface area contributed by atoms with E-state index in [-0.39, 0.29) is 12.2 Å². The first-order valence-corrected chi connectivity index (χ1v) is 12.8. The molecule has 7 nitrogen and oxygen atoms in total. The SMILES string of the molecule is CN(C)CCc1ccc(Oc2c(-c3ccc(Cl)cc3)cnn3c(=O)n(Cc4ccc(C(F)(F)F)cc4)nc23)cc1. The Bertz CT molecular complexity index is 1680. The van der Waals surface area contributed by atoms with Crippen LogP contribution in [0.5, 0.6) is 11.5 Å². The van der Waals surface area contributed by atoms with E-state index < -0.39 is 17.4 Å².